The summed E-state index contributed by atoms with van der Waals surface area (Å²) in [6, 6.07) is 11.9. The third kappa shape index (κ3) is 15.6. The van der Waals surface area contributed by atoms with E-state index in [2.05, 4.69) is 31.9 Å². The minimum absolute atomic E-state index is 0.0834. The summed E-state index contributed by atoms with van der Waals surface area (Å²) in [6.07, 6.45) is 1.24. The van der Waals surface area contributed by atoms with E-state index in [1.165, 1.54) is 5.56 Å². The van der Waals surface area contributed by atoms with Crippen molar-refractivity contribution in [1.82, 2.24) is 9.80 Å². The van der Waals surface area contributed by atoms with Gasteiger partial charge in [0.15, 0.2) is 0 Å². The summed E-state index contributed by atoms with van der Waals surface area (Å²) >= 11 is 6.78. The van der Waals surface area contributed by atoms with Crippen LogP contribution in [0.5, 0.6) is 0 Å². The highest BCUT2D eigenvalue weighted by Gasteiger charge is 2.37. The number of rotatable bonds is 3. The second-order valence-electron chi connectivity index (χ2n) is 12.7. The largest absolute Gasteiger partial charge is 0.444 e. The summed E-state index contributed by atoms with van der Waals surface area (Å²) in [5.74, 6) is 0.0889. The number of nitrogen functional groups attached to an aromatic ring is 1. The Hall–Kier alpha value is -3.21. The monoisotopic (exact) mass is 753 g/mol. The minimum atomic E-state index is -0.501. The third-order valence-electron chi connectivity index (χ3n) is 6.21. The van der Waals surface area contributed by atoms with Crippen LogP contribution in [0.25, 0.3) is 0 Å². The zero-order valence-corrected chi connectivity index (χ0v) is 30.5. The third-order valence-corrected chi connectivity index (χ3v) is 7.71. The molecule has 45 heavy (non-hydrogen) atoms. The van der Waals surface area contributed by atoms with Gasteiger partial charge in [-0.05, 0) is 107 Å². The molecule has 0 aromatic heterocycles. The number of likely N-dealkylation sites (tertiary alicyclic amines) is 2. The van der Waals surface area contributed by atoms with E-state index in [1.54, 1.807) is 9.80 Å². The predicted molar refractivity (Wildman–Crippen MR) is 180 cm³/mol. The van der Waals surface area contributed by atoms with Gasteiger partial charge in [0.1, 0.15) is 17.0 Å². The zero-order valence-electron chi connectivity index (χ0n) is 27.4. The van der Waals surface area contributed by atoms with Crippen LogP contribution in [-0.2, 0) is 30.3 Å². The molecule has 2 amide bonds. The Kier molecular flexibility index (Phi) is 16.0. The summed E-state index contributed by atoms with van der Waals surface area (Å²) in [5, 5.41) is 0. The number of carbonyl (C=O) groups is 3. The lowest BCUT2D eigenvalue weighted by molar-refractivity contribution is -0.191. The molecule has 0 unspecified atom stereocenters. The standard InChI is InChI=1S/C17H22BrNO3.C8H15NO2.C7H8BrN.CO2/c1-11-5-6-14(18)12(7-11)8-15(20)13-9-19(10-13)16(21)22-17(2,3)4;1-8(2,3)11-7(10)9-5-4-6-9;1-5-2-3-6(8)7(9)4-5;2-1-3/h5-7,13H,8-10H2,1-4H3;4-6H2,1-3H3;2-4H,9H2,1H3;. The summed E-state index contributed by atoms with van der Waals surface area (Å²) in [5.41, 5.74) is 8.84. The van der Waals surface area contributed by atoms with Crippen LogP contribution in [0.15, 0.2) is 45.3 Å². The van der Waals surface area contributed by atoms with Crippen LogP contribution in [0, 0.1) is 19.8 Å². The average molecular weight is 756 g/mol. The lowest BCUT2D eigenvalue weighted by Gasteiger charge is -2.39. The molecule has 0 atom stereocenters. The van der Waals surface area contributed by atoms with Crippen molar-refractivity contribution in [3.63, 3.8) is 0 Å². The fourth-order valence-electron chi connectivity index (χ4n) is 3.82. The van der Waals surface area contributed by atoms with Gasteiger partial charge in [-0.3, -0.25) is 4.79 Å². The molecular weight excluding hydrogens is 710 g/mol. The van der Waals surface area contributed by atoms with E-state index in [0.717, 1.165) is 45.3 Å². The van der Waals surface area contributed by atoms with Gasteiger partial charge in [0.05, 0.1) is 5.92 Å². The number of aryl methyl sites for hydroxylation is 2. The van der Waals surface area contributed by atoms with Crippen LogP contribution in [0.4, 0.5) is 15.3 Å². The number of ketones is 1. The highest BCUT2D eigenvalue weighted by atomic mass is 79.9. The molecule has 0 spiro atoms. The number of nitrogens with two attached hydrogens (primary N) is 1. The van der Waals surface area contributed by atoms with Crippen LogP contribution in [-0.4, -0.2) is 71.3 Å². The highest BCUT2D eigenvalue weighted by molar-refractivity contribution is 9.10. The second-order valence-corrected chi connectivity index (χ2v) is 14.5. The Balaban J connectivity index is 0.000000365. The van der Waals surface area contributed by atoms with Crippen molar-refractivity contribution >= 4 is 61.7 Å². The highest BCUT2D eigenvalue weighted by Crippen LogP contribution is 2.25. The molecule has 0 saturated carbocycles. The van der Waals surface area contributed by atoms with Crippen molar-refractivity contribution in [3.05, 3.63) is 62.0 Å². The molecule has 12 heteroatoms. The maximum absolute atomic E-state index is 12.3. The molecule has 4 rings (SSSR count). The fraction of sp³-hybridized carbons (Fsp3) is 0.515. The van der Waals surface area contributed by atoms with E-state index in [4.69, 9.17) is 24.8 Å². The molecule has 2 aliphatic heterocycles. The van der Waals surface area contributed by atoms with Crippen LogP contribution >= 0.6 is 31.9 Å². The Bertz CT molecular complexity index is 1340. The molecule has 0 aliphatic carbocycles. The van der Waals surface area contributed by atoms with E-state index in [1.807, 2.05) is 91.8 Å². The Labute approximate surface area is 283 Å². The molecule has 2 heterocycles. The number of hydrogen-bond acceptors (Lipinski definition) is 8. The van der Waals surface area contributed by atoms with Gasteiger partial charge in [-0.25, -0.2) is 9.59 Å². The number of halogens is 2. The normalized spacial score (nSPS) is 13.9. The van der Waals surface area contributed by atoms with Gasteiger partial charge in [-0.1, -0.05) is 39.7 Å². The molecule has 2 N–H and O–H groups in total. The molecule has 248 valence electrons. The SMILES string of the molecule is CC(C)(C)OC(=O)N1CCC1.Cc1ccc(Br)c(CC(=O)C2CN(C(=O)OC(C)(C)C)C2)c1.Cc1ccc(Br)c(N)c1.O=C=O. The van der Waals surface area contributed by atoms with E-state index in [-0.39, 0.29) is 35.6 Å². The van der Waals surface area contributed by atoms with Gasteiger partial charge in [-0.15, -0.1) is 0 Å². The molecule has 2 saturated heterocycles. The lowest BCUT2D eigenvalue weighted by atomic mass is 9.91. The van der Waals surface area contributed by atoms with Crippen LogP contribution in [0.3, 0.4) is 0 Å². The smallest absolute Gasteiger partial charge is 0.410 e. The summed E-state index contributed by atoms with van der Waals surface area (Å²) in [7, 11) is 0. The van der Waals surface area contributed by atoms with Crippen molar-refractivity contribution in [2.24, 2.45) is 5.92 Å². The van der Waals surface area contributed by atoms with Crippen LogP contribution in [0.2, 0.25) is 0 Å². The minimum Gasteiger partial charge on any atom is -0.444 e. The summed E-state index contributed by atoms with van der Waals surface area (Å²) in [6.45, 7) is 17.8. The van der Waals surface area contributed by atoms with Crippen molar-refractivity contribution in [1.29, 1.82) is 0 Å². The summed E-state index contributed by atoms with van der Waals surface area (Å²) in [4.78, 5) is 54.9. The van der Waals surface area contributed by atoms with E-state index >= 15 is 0 Å². The molecule has 2 aromatic carbocycles. The van der Waals surface area contributed by atoms with Gasteiger partial charge < -0.3 is 25.0 Å². The lowest BCUT2D eigenvalue weighted by Crippen LogP contribution is -2.54. The van der Waals surface area contributed by atoms with Gasteiger partial charge in [0.2, 0.25) is 0 Å². The first-order valence-corrected chi connectivity index (χ1v) is 16.1. The van der Waals surface area contributed by atoms with E-state index < -0.39 is 5.60 Å². The van der Waals surface area contributed by atoms with Crippen molar-refractivity contribution < 1.29 is 33.4 Å². The number of carbonyl (C=O) groups excluding carboxylic acids is 5. The predicted octanol–water partition coefficient (Wildman–Crippen LogP) is 7.12. The topological polar surface area (TPSA) is 136 Å². The molecule has 2 aromatic rings. The molecule has 10 nitrogen and oxygen atoms in total. The number of Topliss-reactive ketones (excluding diaryl/α,β-unsaturated/α-hetero) is 1. The quantitative estimate of drug-likeness (QED) is 0.328. The zero-order chi connectivity index (χ0) is 34.5. The van der Waals surface area contributed by atoms with Crippen LogP contribution in [0.1, 0.15) is 64.7 Å². The number of benzene rings is 2. The number of nitrogens with zero attached hydrogens (tertiary/aromatic N) is 2. The fourth-order valence-corrected chi connectivity index (χ4v) is 4.45. The first kappa shape index (κ1) is 39.8. The maximum Gasteiger partial charge on any atom is 0.410 e. The Morgan fingerprint density at radius 1 is 0.822 bits per heavy atom. The first-order valence-electron chi connectivity index (χ1n) is 14.5. The van der Waals surface area contributed by atoms with Gasteiger partial charge in [0.25, 0.3) is 0 Å². The van der Waals surface area contributed by atoms with Crippen molar-refractivity contribution in [3.8, 4) is 0 Å². The van der Waals surface area contributed by atoms with E-state index in [0.29, 0.717) is 19.5 Å². The second kappa shape index (κ2) is 18.1. The van der Waals surface area contributed by atoms with Crippen molar-refractivity contribution in [2.75, 3.05) is 31.9 Å². The number of anilines is 1. The Morgan fingerprint density at radius 3 is 1.67 bits per heavy atom. The first-order chi connectivity index (χ1) is 20.8. The van der Waals surface area contributed by atoms with Crippen LogP contribution < -0.4 is 5.73 Å². The molecule has 0 bridgehead atoms. The maximum atomic E-state index is 12.3. The Morgan fingerprint density at radius 2 is 1.27 bits per heavy atom. The molecular formula is C33H45Br2N3O7. The molecule has 0 radical (unpaired) electrons. The van der Waals surface area contributed by atoms with Crippen molar-refractivity contribution in [2.45, 2.75) is 79.4 Å². The number of amides is 2. The number of ether oxygens (including phenoxy) is 2. The van der Waals surface area contributed by atoms with Gasteiger partial charge in [0, 0.05) is 47.2 Å². The average Bonchev–Trinajstić information content (AvgIpc) is 2.81. The van der Waals surface area contributed by atoms with Gasteiger partial charge >= 0.3 is 18.3 Å². The van der Waals surface area contributed by atoms with Gasteiger partial charge in [-0.2, -0.15) is 9.59 Å². The molecule has 2 aliphatic rings. The summed E-state index contributed by atoms with van der Waals surface area (Å²) < 4.78 is 12.3. The van der Waals surface area contributed by atoms with E-state index in [9.17, 15) is 14.4 Å². The number of hydrogen-bond donors (Lipinski definition) is 1. The molecule has 2 fully saturated rings.